The molecule has 1 amide bonds. The van der Waals surface area contributed by atoms with Crippen LogP contribution in [0.15, 0.2) is 24.4 Å². The summed E-state index contributed by atoms with van der Waals surface area (Å²) in [5, 5.41) is 3.17. The lowest BCUT2D eigenvalue weighted by Gasteiger charge is -2.33. The summed E-state index contributed by atoms with van der Waals surface area (Å²) >= 11 is 1.55. The molecule has 1 aliphatic heterocycles. The number of amides is 1. The molecule has 1 saturated heterocycles. The highest BCUT2D eigenvalue weighted by atomic mass is 32.1. The molecule has 2 aliphatic rings. The van der Waals surface area contributed by atoms with Gasteiger partial charge >= 0.3 is 0 Å². The Bertz CT molecular complexity index is 732. The normalized spacial score (nSPS) is 18.6. The van der Waals surface area contributed by atoms with Crippen LogP contribution < -0.4 is 10.2 Å². The van der Waals surface area contributed by atoms with Gasteiger partial charge in [0.15, 0.2) is 0 Å². The summed E-state index contributed by atoms with van der Waals surface area (Å²) in [5.41, 5.74) is 0. The third-order valence-electron chi connectivity index (χ3n) is 4.72. The van der Waals surface area contributed by atoms with Gasteiger partial charge in [-0.15, -0.1) is 11.3 Å². The Morgan fingerprint density at radius 2 is 2.00 bits per heavy atom. The molecular formula is C18H22N4OS. The van der Waals surface area contributed by atoms with Gasteiger partial charge < -0.3 is 10.2 Å². The Kier molecular flexibility index (Phi) is 4.22. The highest BCUT2D eigenvalue weighted by Gasteiger charge is 2.28. The number of hydrogen-bond donors (Lipinski definition) is 1. The maximum Gasteiger partial charge on any atom is 0.261 e. The van der Waals surface area contributed by atoms with Crippen molar-refractivity contribution >= 4 is 23.1 Å². The Labute approximate surface area is 146 Å². The molecule has 0 unspecified atom stereocenters. The number of thiophene rings is 1. The van der Waals surface area contributed by atoms with Crippen LogP contribution in [0.2, 0.25) is 0 Å². The fourth-order valence-corrected chi connectivity index (χ4v) is 3.91. The molecule has 5 nitrogen and oxygen atoms in total. The second-order valence-electron chi connectivity index (χ2n) is 6.69. The van der Waals surface area contributed by atoms with E-state index in [1.807, 2.05) is 31.3 Å². The Hall–Kier alpha value is -1.95. The minimum absolute atomic E-state index is 0.0598. The molecule has 24 heavy (non-hydrogen) atoms. The smallest absolute Gasteiger partial charge is 0.261 e. The van der Waals surface area contributed by atoms with Gasteiger partial charge in [0, 0.05) is 36.1 Å². The number of carbonyl (C=O) groups is 1. The van der Waals surface area contributed by atoms with E-state index in [0.29, 0.717) is 5.92 Å². The van der Waals surface area contributed by atoms with Gasteiger partial charge in [0.25, 0.3) is 5.91 Å². The van der Waals surface area contributed by atoms with Crippen molar-refractivity contribution in [2.24, 2.45) is 0 Å². The maximum absolute atomic E-state index is 12.3. The zero-order valence-electron chi connectivity index (χ0n) is 13.9. The van der Waals surface area contributed by atoms with Crippen LogP contribution in [0.25, 0.3) is 0 Å². The highest BCUT2D eigenvalue weighted by molar-refractivity contribution is 7.13. The van der Waals surface area contributed by atoms with E-state index in [0.717, 1.165) is 42.5 Å². The van der Waals surface area contributed by atoms with Crippen LogP contribution in [0.4, 0.5) is 5.82 Å². The monoisotopic (exact) mass is 342 g/mol. The van der Waals surface area contributed by atoms with E-state index in [4.69, 9.17) is 4.98 Å². The summed E-state index contributed by atoms with van der Waals surface area (Å²) in [6, 6.07) is 6.15. The second-order valence-corrected chi connectivity index (χ2v) is 7.98. The fraction of sp³-hybridized carbons (Fsp3) is 0.500. The van der Waals surface area contributed by atoms with E-state index < -0.39 is 0 Å². The summed E-state index contributed by atoms with van der Waals surface area (Å²) < 4.78 is 0. The van der Waals surface area contributed by atoms with Crippen molar-refractivity contribution in [2.75, 3.05) is 18.0 Å². The van der Waals surface area contributed by atoms with E-state index >= 15 is 0 Å². The lowest BCUT2D eigenvalue weighted by atomic mass is 10.0. The van der Waals surface area contributed by atoms with Crippen molar-refractivity contribution in [3.8, 4) is 0 Å². The molecule has 1 saturated carbocycles. The minimum Gasteiger partial charge on any atom is -0.356 e. The van der Waals surface area contributed by atoms with Crippen molar-refractivity contribution in [1.29, 1.82) is 0 Å². The third-order valence-corrected chi connectivity index (χ3v) is 5.72. The lowest BCUT2D eigenvalue weighted by molar-refractivity contribution is 0.0935. The molecule has 4 rings (SSSR count). The topological polar surface area (TPSA) is 58.1 Å². The average molecular weight is 342 g/mol. The van der Waals surface area contributed by atoms with Gasteiger partial charge in [-0.1, -0.05) is 0 Å². The quantitative estimate of drug-likeness (QED) is 0.927. The van der Waals surface area contributed by atoms with Crippen molar-refractivity contribution in [2.45, 2.75) is 44.6 Å². The Morgan fingerprint density at radius 3 is 2.67 bits per heavy atom. The average Bonchev–Trinajstić information content (AvgIpc) is 3.37. The molecule has 126 valence electrons. The van der Waals surface area contributed by atoms with Gasteiger partial charge in [0.1, 0.15) is 11.6 Å². The molecule has 2 aromatic rings. The first-order valence-corrected chi connectivity index (χ1v) is 9.46. The number of hydrogen-bond acceptors (Lipinski definition) is 5. The summed E-state index contributed by atoms with van der Waals surface area (Å²) in [4.78, 5) is 25.7. The van der Waals surface area contributed by atoms with Gasteiger partial charge in [0.05, 0.1) is 4.88 Å². The summed E-state index contributed by atoms with van der Waals surface area (Å²) in [6.45, 7) is 3.88. The predicted molar refractivity (Wildman–Crippen MR) is 95.8 cm³/mol. The number of anilines is 1. The molecule has 2 aromatic heterocycles. The first kappa shape index (κ1) is 15.6. The Morgan fingerprint density at radius 1 is 1.21 bits per heavy atom. The minimum atomic E-state index is 0.0598. The van der Waals surface area contributed by atoms with Gasteiger partial charge in [0.2, 0.25) is 0 Å². The van der Waals surface area contributed by atoms with Crippen LogP contribution in [0.3, 0.4) is 0 Å². The summed E-state index contributed by atoms with van der Waals surface area (Å²) in [7, 11) is 0. The molecular weight excluding hydrogens is 320 g/mol. The number of aryl methyl sites for hydroxylation is 1. The number of aromatic nitrogens is 2. The number of nitrogens with zero attached hydrogens (tertiary/aromatic N) is 3. The van der Waals surface area contributed by atoms with Gasteiger partial charge in [-0.05, 0) is 50.8 Å². The van der Waals surface area contributed by atoms with Crippen LogP contribution in [-0.4, -0.2) is 35.0 Å². The Balaban J connectivity index is 1.33. The number of carbonyl (C=O) groups excluding carboxylic acids is 1. The van der Waals surface area contributed by atoms with Crippen molar-refractivity contribution < 1.29 is 4.79 Å². The summed E-state index contributed by atoms with van der Waals surface area (Å²) in [5.74, 6) is 2.67. The lowest BCUT2D eigenvalue weighted by Crippen LogP contribution is -2.44. The summed E-state index contributed by atoms with van der Waals surface area (Å²) in [6.07, 6.45) is 6.24. The van der Waals surface area contributed by atoms with E-state index in [-0.39, 0.29) is 11.9 Å². The van der Waals surface area contributed by atoms with E-state index in [1.165, 1.54) is 17.7 Å². The first-order chi connectivity index (χ1) is 11.7. The van der Waals surface area contributed by atoms with Crippen LogP contribution in [-0.2, 0) is 0 Å². The molecule has 2 fully saturated rings. The first-order valence-electron chi connectivity index (χ1n) is 8.64. The molecule has 1 aliphatic carbocycles. The molecule has 1 N–H and O–H groups in total. The third kappa shape index (κ3) is 3.43. The fourth-order valence-electron chi connectivity index (χ4n) is 3.14. The molecule has 6 heteroatoms. The van der Waals surface area contributed by atoms with Crippen LogP contribution >= 0.6 is 11.3 Å². The molecule has 0 spiro atoms. The predicted octanol–water partition coefficient (Wildman–Crippen LogP) is 3.12. The largest absolute Gasteiger partial charge is 0.356 e. The van der Waals surface area contributed by atoms with Gasteiger partial charge in [-0.2, -0.15) is 0 Å². The zero-order chi connectivity index (χ0) is 16.5. The van der Waals surface area contributed by atoms with Crippen LogP contribution in [0.1, 0.15) is 52.0 Å². The highest BCUT2D eigenvalue weighted by Crippen LogP contribution is 2.38. The zero-order valence-corrected chi connectivity index (χ0v) is 14.7. The molecule has 0 radical (unpaired) electrons. The van der Waals surface area contributed by atoms with Crippen molar-refractivity contribution in [3.63, 3.8) is 0 Å². The van der Waals surface area contributed by atoms with E-state index in [1.54, 1.807) is 11.3 Å². The maximum atomic E-state index is 12.3. The molecule has 0 atom stereocenters. The van der Waals surface area contributed by atoms with E-state index in [9.17, 15) is 4.79 Å². The van der Waals surface area contributed by atoms with E-state index in [2.05, 4.69) is 15.2 Å². The standard InChI is InChI=1S/C18H22N4OS/c1-12-2-5-15(24-12)18(23)20-14-7-10-22(11-8-14)16-6-9-19-17(21-16)13-3-4-13/h2,5-6,9,13-14H,3-4,7-8,10-11H2,1H3,(H,20,23). The molecule has 3 heterocycles. The number of rotatable bonds is 4. The van der Waals surface area contributed by atoms with Crippen molar-refractivity contribution in [1.82, 2.24) is 15.3 Å². The van der Waals surface area contributed by atoms with Gasteiger partial charge in [-0.3, -0.25) is 4.79 Å². The van der Waals surface area contributed by atoms with Crippen LogP contribution in [0, 0.1) is 6.92 Å². The van der Waals surface area contributed by atoms with Gasteiger partial charge in [-0.25, -0.2) is 9.97 Å². The number of piperidine rings is 1. The van der Waals surface area contributed by atoms with Crippen LogP contribution in [0.5, 0.6) is 0 Å². The number of nitrogens with one attached hydrogen (secondary N) is 1. The van der Waals surface area contributed by atoms with Crippen molar-refractivity contribution in [3.05, 3.63) is 40.0 Å². The SMILES string of the molecule is Cc1ccc(C(=O)NC2CCN(c3ccnc(C4CC4)n3)CC2)s1. The second kappa shape index (κ2) is 6.51. The molecule has 0 bridgehead atoms. The molecule has 0 aromatic carbocycles.